The third-order valence-electron chi connectivity index (χ3n) is 5.36. The Hall–Kier alpha value is -3.48. The molecule has 1 atom stereocenters. The highest BCUT2D eigenvalue weighted by molar-refractivity contribution is 5.77. The number of pyridine rings is 1. The predicted molar refractivity (Wildman–Crippen MR) is 106 cm³/mol. The molecule has 5 nitrogen and oxygen atoms in total. The lowest BCUT2D eigenvalue weighted by Crippen LogP contribution is -2.33. The van der Waals surface area contributed by atoms with Crippen molar-refractivity contribution in [2.24, 2.45) is 0 Å². The molecule has 0 saturated carbocycles. The number of carbonyl (C=O) groups excluding carboxylic acids is 1. The van der Waals surface area contributed by atoms with Crippen LogP contribution in [-0.4, -0.2) is 15.6 Å². The minimum atomic E-state index is -1.03. The van der Waals surface area contributed by atoms with E-state index in [4.69, 9.17) is 4.74 Å². The highest BCUT2D eigenvalue weighted by Crippen LogP contribution is 2.37. The van der Waals surface area contributed by atoms with Crippen molar-refractivity contribution < 1.29 is 23.4 Å². The molecule has 3 aromatic rings. The average molecular weight is 411 g/mol. The summed E-state index contributed by atoms with van der Waals surface area (Å²) in [6, 6.07) is 11.7. The fourth-order valence-corrected chi connectivity index (χ4v) is 3.79. The molecular weight excluding hydrogens is 392 g/mol. The SMILES string of the molecule is Cc1cc2c(c(=O)n1CCc1ccc(O)cc1)C(c1ccc(F)c(F)c1)CC(=O)O2. The first-order chi connectivity index (χ1) is 14.3. The van der Waals surface area contributed by atoms with E-state index < -0.39 is 23.5 Å². The van der Waals surface area contributed by atoms with Gasteiger partial charge in [0.2, 0.25) is 0 Å². The van der Waals surface area contributed by atoms with E-state index in [1.54, 1.807) is 41.8 Å². The van der Waals surface area contributed by atoms with Crippen molar-refractivity contribution in [1.29, 1.82) is 0 Å². The van der Waals surface area contributed by atoms with Gasteiger partial charge in [0.1, 0.15) is 11.5 Å². The smallest absolute Gasteiger partial charge is 0.312 e. The minimum absolute atomic E-state index is 0.131. The molecule has 30 heavy (non-hydrogen) atoms. The molecule has 0 saturated heterocycles. The first kappa shape index (κ1) is 19.8. The summed E-state index contributed by atoms with van der Waals surface area (Å²) >= 11 is 0. The molecule has 0 bridgehead atoms. The third kappa shape index (κ3) is 3.70. The van der Waals surface area contributed by atoms with E-state index in [-0.39, 0.29) is 29.0 Å². The number of aromatic nitrogens is 1. The molecule has 1 N–H and O–H groups in total. The van der Waals surface area contributed by atoms with Gasteiger partial charge in [0, 0.05) is 24.2 Å². The molecule has 0 fully saturated rings. The Morgan fingerprint density at radius 2 is 1.80 bits per heavy atom. The number of aromatic hydroxyl groups is 1. The van der Waals surface area contributed by atoms with E-state index in [0.29, 0.717) is 24.2 Å². The fraction of sp³-hybridized carbons (Fsp3) is 0.217. The lowest BCUT2D eigenvalue weighted by Gasteiger charge is -2.26. The summed E-state index contributed by atoms with van der Waals surface area (Å²) in [5.41, 5.74) is 1.84. The molecule has 7 heteroatoms. The molecule has 0 radical (unpaired) electrons. The van der Waals surface area contributed by atoms with E-state index >= 15 is 0 Å². The Morgan fingerprint density at radius 1 is 1.07 bits per heavy atom. The zero-order valence-electron chi connectivity index (χ0n) is 16.2. The molecule has 4 rings (SSSR count). The molecule has 2 aromatic carbocycles. The summed E-state index contributed by atoms with van der Waals surface area (Å²) in [4.78, 5) is 25.4. The second-order valence-electron chi connectivity index (χ2n) is 7.34. The Morgan fingerprint density at radius 3 is 2.50 bits per heavy atom. The van der Waals surface area contributed by atoms with Crippen LogP contribution >= 0.6 is 0 Å². The molecule has 1 aliphatic rings. The van der Waals surface area contributed by atoms with Crippen molar-refractivity contribution in [3.63, 3.8) is 0 Å². The molecule has 1 unspecified atom stereocenters. The number of rotatable bonds is 4. The van der Waals surface area contributed by atoms with Gasteiger partial charge in [-0.1, -0.05) is 18.2 Å². The molecular formula is C23H19F2NO4. The van der Waals surface area contributed by atoms with Crippen LogP contribution in [-0.2, 0) is 17.8 Å². The van der Waals surface area contributed by atoms with Crippen molar-refractivity contribution in [3.8, 4) is 11.5 Å². The number of phenols is 1. The highest BCUT2D eigenvalue weighted by Gasteiger charge is 2.33. The van der Waals surface area contributed by atoms with E-state index in [1.807, 2.05) is 0 Å². The molecule has 154 valence electrons. The van der Waals surface area contributed by atoms with Gasteiger partial charge < -0.3 is 14.4 Å². The second kappa shape index (κ2) is 7.74. The van der Waals surface area contributed by atoms with Crippen molar-refractivity contribution >= 4 is 5.97 Å². The normalized spacial score (nSPS) is 15.6. The monoisotopic (exact) mass is 411 g/mol. The quantitative estimate of drug-likeness (QED) is 0.663. The number of hydrogen-bond acceptors (Lipinski definition) is 4. The first-order valence-corrected chi connectivity index (χ1v) is 9.51. The van der Waals surface area contributed by atoms with Gasteiger partial charge in [-0.3, -0.25) is 9.59 Å². The number of ether oxygens (including phenoxy) is 1. The fourth-order valence-electron chi connectivity index (χ4n) is 3.79. The number of fused-ring (bicyclic) bond motifs is 1. The summed E-state index contributed by atoms with van der Waals surface area (Å²) in [7, 11) is 0. The summed E-state index contributed by atoms with van der Waals surface area (Å²) in [5, 5.41) is 9.41. The van der Waals surface area contributed by atoms with Crippen LogP contribution in [0.15, 0.2) is 53.3 Å². The van der Waals surface area contributed by atoms with Crippen LogP contribution in [0, 0.1) is 18.6 Å². The lowest BCUT2D eigenvalue weighted by atomic mass is 9.87. The lowest BCUT2D eigenvalue weighted by molar-refractivity contribution is -0.135. The number of aryl methyl sites for hydroxylation is 2. The van der Waals surface area contributed by atoms with Gasteiger partial charge >= 0.3 is 5.97 Å². The van der Waals surface area contributed by atoms with Crippen LogP contribution in [0.5, 0.6) is 11.5 Å². The number of carbonyl (C=O) groups is 1. The largest absolute Gasteiger partial charge is 0.508 e. The summed E-state index contributed by atoms with van der Waals surface area (Å²) in [6.07, 6.45) is 0.420. The van der Waals surface area contributed by atoms with Crippen molar-refractivity contribution in [3.05, 3.63) is 92.9 Å². The zero-order chi connectivity index (χ0) is 21.4. The summed E-state index contributed by atoms with van der Waals surface area (Å²) in [6.45, 7) is 2.12. The second-order valence-corrected chi connectivity index (χ2v) is 7.34. The maximum atomic E-state index is 13.8. The van der Waals surface area contributed by atoms with E-state index in [0.717, 1.165) is 17.7 Å². The standard InChI is InChI=1S/C23H19F2NO4/c1-13-10-20-22(23(29)26(13)9-8-14-2-5-16(27)6-3-14)17(12-21(28)30-20)15-4-7-18(24)19(25)11-15/h2-7,10-11,17,27H,8-9,12H2,1H3. The maximum Gasteiger partial charge on any atom is 0.312 e. The molecule has 0 spiro atoms. The van der Waals surface area contributed by atoms with Crippen LogP contribution < -0.4 is 10.3 Å². The Bertz CT molecular complexity index is 1190. The van der Waals surface area contributed by atoms with E-state index in [1.165, 1.54) is 6.07 Å². The van der Waals surface area contributed by atoms with Gasteiger partial charge in [0.25, 0.3) is 5.56 Å². The predicted octanol–water partition coefficient (Wildman–Crippen LogP) is 3.82. The average Bonchev–Trinajstić information content (AvgIpc) is 2.70. The number of phenolic OH excluding ortho intramolecular Hbond substituents is 1. The Labute approximate surface area is 171 Å². The highest BCUT2D eigenvalue weighted by atomic mass is 19.2. The number of esters is 1. The Balaban J connectivity index is 1.74. The number of halogens is 2. The number of benzene rings is 2. The minimum Gasteiger partial charge on any atom is -0.508 e. The van der Waals surface area contributed by atoms with Crippen LogP contribution in [0.1, 0.15) is 34.7 Å². The summed E-state index contributed by atoms with van der Waals surface area (Å²) < 4.78 is 34.0. The van der Waals surface area contributed by atoms with Gasteiger partial charge in [-0.25, -0.2) is 8.78 Å². The van der Waals surface area contributed by atoms with Crippen molar-refractivity contribution in [1.82, 2.24) is 4.57 Å². The number of nitrogens with zero attached hydrogens (tertiary/aromatic N) is 1. The van der Waals surface area contributed by atoms with Crippen LogP contribution in [0.3, 0.4) is 0 Å². The van der Waals surface area contributed by atoms with Gasteiger partial charge in [-0.15, -0.1) is 0 Å². The van der Waals surface area contributed by atoms with Gasteiger partial charge in [-0.2, -0.15) is 0 Å². The van der Waals surface area contributed by atoms with Gasteiger partial charge in [-0.05, 0) is 48.7 Å². The van der Waals surface area contributed by atoms with E-state index in [9.17, 15) is 23.5 Å². The topological polar surface area (TPSA) is 68.5 Å². The van der Waals surface area contributed by atoms with E-state index in [2.05, 4.69) is 0 Å². The zero-order valence-corrected chi connectivity index (χ0v) is 16.2. The Kier molecular flexibility index (Phi) is 5.11. The van der Waals surface area contributed by atoms with Crippen LogP contribution in [0.2, 0.25) is 0 Å². The molecule has 2 heterocycles. The van der Waals surface area contributed by atoms with Crippen molar-refractivity contribution in [2.45, 2.75) is 32.2 Å². The molecule has 1 aromatic heterocycles. The summed E-state index contributed by atoms with van der Waals surface area (Å²) in [5.74, 6) is -2.95. The third-order valence-corrected chi connectivity index (χ3v) is 5.36. The molecule has 0 amide bonds. The van der Waals surface area contributed by atoms with Crippen LogP contribution in [0.25, 0.3) is 0 Å². The maximum absolute atomic E-state index is 13.8. The molecule has 0 aliphatic carbocycles. The van der Waals surface area contributed by atoms with Crippen LogP contribution in [0.4, 0.5) is 8.78 Å². The number of hydrogen-bond donors (Lipinski definition) is 1. The van der Waals surface area contributed by atoms with Gasteiger partial charge in [0.15, 0.2) is 11.6 Å². The first-order valence-electron chi connectivity index (χ1n) is 9.51. The van der Waals surface area contributed by atoms with Crippen molar-refractivity contribution in [2.75, 3.05) is 0 Å². The van der Waals surface area contributed by atoms with Gasteiger partial charge in [0.05, 0.1) is 12.0 Å². The molecule has 1 aliphatic heterocycles.